The van der Waals surface area contributed by atoms with Crippen LogP contribution in [0, 0.1) is 6.92 Å². The Labute approximate surface area is 149 Å². The van der Waals surface area contributed by atoms with Crippen LogP contribution in [0.4, 0.5) is 5.69 Å². The fraction of sp³-hybridized carbons (Fsp3) is 0.143. The quantitative estimate of drug-likeness (QED) is 0.454. The van der Waals surface area contributed by atoms with E-state index < -0.39 is 0 Å². The van der Waals surface area contributed by atoms with Crippen LogP contribution in [0.15, 0.2) is 77.9 Å². The summed E-state index contributed by atoms with van der Waals surface area (Å²) in [5, 5.41) is 7.12. The van der Waals surface area contributed by atoms with Crippen LogP contribution in [0.2, 0.25) is 0 Å². The molecule has 2 aromatic carbocycles. The summed E-state index contributed by atoms with van der Waals surface area (Å²) in [6.45, 7) is 4.02. The minimum Gasteiger partial charge on any atom is -0.376 e. The van der Waals surface area contributed by atoms with E-state index in [9.17, 15) is 4.79 Å². The van der Waals surface area contributed by atoms with Crippen LogP contribution in [0.25, 0.3) is 6.08 Å². The Bertz CT molecular complexity index is 777. The van der Waals surface area contributed by atoms with E-state index in [0.717, 1.165) is 22.5 Å². The predicted octanol–water partition coefficient (Wildman–Crippen LogP) is 4.17. The molecule has 2 N–H and O–H groups in total. The van der Waals surface area contributed by atoms with E-state index in [4.69, 9.17) is 0 Å². The lowest BCUT2D eigenvalue weighted by Gasteiger charge is -2.06. The number of carbonyl (C=O) groups is 1. The summed E-state index contributed by atoms with van der Waals surface area (Å²) >= 11 is 0. The Morgan fingerprint density at radius 2 is 1.88 bits per heavy atom. The molecule has 1 amide bonds. The van der Waals surface area contributed by atoms with E-state index in [-0.39, 0.29) is 12.5 Å². The number of nitrogens with one attached hydrogen (secondary N) is 2. The molecule has 0 bridgehead atoms. The molecule has 0 aliphatic carbocycles. The largest absolute Gasteiger partial charge is 0.376 e. The number of carbonyl (C=O) groups excluding carboxylic acids is 1. The molecular formula is C21H23N3O. The van der Waals surface area contributed by atoms with Crippen LogP contribution < -0.4 is 10.7 Å². The third-order valence-electron chi connectivity index (χ3n) is 3.36. The van der Waals surface area contributed by atoms with E-state index >= 15 is 0 Å². The third kappa shape index (κ3) is 7.31. The second kappa shape index (κ2) is 9.88. The first-order chi connectivity index (χ1) is 12.1. The maximum Gasteiger partial charge on any atom is 0.259 e. The molecule has 0 saturated heterocycles. The van der Waals surface area contributed by atoms with Crippen molar-refractivity contribution < 1.29 is 4.79 Å². The zero-order valence-electron chi connectivity index (χ0n) is 14.6. The highest BCUT2D eigenvalue weighted by atomic mass is 16.2. The molecule has 0 aliphatic rings. The molecule has 25 heavy (non-hydrogen) atoms. The smallest absolute Gasteiger partial charge is 0.259 e. The molecule has 4 heteroatoms. The zero-order valence-corrected chi connectivity index (χ0v) is 14.6. The Hall–Kier alpha value is -3.14. The number of aryl methyl sites for hydroxylation is 1. The van der Waals surface area contributed by atoms with Crippen LogP contribution in [-0.2, 0) is 4.79 Å². The average molecular weight is 333 g/mol. The van der Waals surface area contributed by atoms with Crippen LogP contribution >= 0.6 is 0 Å². The fourth-order valence-electron chi connectivity index (χ4n) is 2.09. The Balaban J connectivity index is 1.75. The SMILES string of the molecule is CC(/C=C/C=C/c1ccccc1)=N\NC(=O)CNc1cccc(C)c1. The van der Waals surface area contributed by atoms with Crippen molar-refractivity contribution in [2.75, 3.05) is 11.9 Å². The van der Waals surface area contributed by atoms with Crippen molar-refractivity contribution in [3.8, 4) is 0 Å². The molecule has 0 aliphatic heterocycles. The van der Waals surface area contributed by atoms with Crippen LogP contribution in [0.3, 0.4) is 0 Å². The standard InChI is InChI=1S/C21H23N3O/c1-17-9-8-14-20(15-17)22-16-21(25)24-23-18(2)10-6-7-13-19-11-4-3-5-12-19/h3-15,22H,16H2,1-2H3,(H,24,25)/b10-6+,13-7+,23-18+. The topological polar surface area (TPSA) is 53.5 Å². The second-order valence-electron chi connectivity index (χ2n) is 5.64. The van der Waals surface area contributed by atoms with Crippen molar-refractivity contribution in [2.24, 2.45) is 5.10 Å². The molecule has 0 radical (unpaired) electrons. The summed E-state index contributed by atoms with van der Waals surface area (Å²) in [4.78, 5) is 11.8. The summed E-state index contributed by atoms with van der Waals surface area (Å²) in [7, 11) is 0. The van der Waals surface area contributed by atoms with Crippen LogP contribution in [-0.4, -0.2) is 18.2 Å². The maximum atomic E-state index is 11.8. The number of anilines is 1. The predicted molar refractivity (Wildman–Crippen MR) is 106 cm³/mol. The van der Waals surface area contributed by atoms with Gasteiger partial charge in [0.05, 0.1) is 12.3 Å². The lowest BCUT2D eigenvalue weighted by molar-refractivity contribution is -0.119. The highest BCUT2D eigenvalue weighted by molar-refractivity contribution is 5.94. The van der Waals surface area contributed by atoms with Crippen LogP contribution in [0.5, 0.6) is 0 Å². The van der Waals surface area contributed by atoms with Crippen molar-refractivity contribution in [1.29, 1.82) is 0 Å². The number of hydrazone groups is 1. The maximum absolute atomic E-state index is 11.8. The summed E-state index contributed by atoms with van der Waals surface area (Å²) in [6, 6.07) is 17.9. The molecule has 0 atom stereocenters. The summed E-state index contributed by atoms with van der Waals surface area (Å²) in [6.07, 6.45) is 7.68. The van der Waals surface area contributed by atoms with Gasteiger partial charge in [0.2, 0.25) is 0 Å². The van der Waals surface area contributed by atoms with E-state index in [1.165, 1.54) is 0 Å². The van der Waals surface area contributed by atoms with Gasteiger partial charge in [-0.3, -0.25) is 4.79 Å². The van der Waals surface area contributed by atoms with Gasteiger partial charge in [0.15, 0.2) is 0 Å². The lowest BCUT2D eigenvalue weighted by Crippen LogP contribution is -2.26. The minimum absolute atomic E-state index is 0.178. The molecular weight excluding hydrogens is 310 g/mol. The van der Waals surface area contributed by atoms with Crippen LogP contribution in [0.1, 0.15) is 18.1 Å². The average Bonchev–Trinajstić information content (AvgIpc) is 2.63. The number of hydrogen-bond donors (Lipinski definition) is 2. The van der Waals surface area contributed by atoms with Crippen molar-refractivity contribution in [1.82, 2.24) is 5.43 Å². The summed E-state index contributed by atoms with van der Waals surface area (Å²) in [5.74, 6) is -0.186. The van der Waals surface area contributed by atoms with E-state index in [1.807, 2.05) is 92.7 Å². The highest BCUT2D eigenvalue weighted by Crippen LogP contribution is 2.08. The van der Waals surface area contributed by atoms with Gasteiger partial charge in [-0.25, -0.2) is 5.43 Å². The number of rotatable bonds is 7. The first kappa shape index (κ1) is 18.2. The van der Waals surface area contributed by atoms with Crippen molar-refractivity contribution >= 4 is 23.4 Å². The van der Waals surface area contributed by atoms with Crippen molar-refractivity contribution in [3.63, 3.8) is 0 Å². The van der Waals surface area contributed by atoms with Gasteiger partial charge in [-0.1, -0.05) is 60.7 Å². The number of benzene rings is 2. The molecule has 0 unspecified atom stereocenters. The normalized spacial score (nSPS) is 11.8. The fourth-order valence-corrected chi connectivity index (χ4v) is 2.09. The monoisotopic (exact) mass is 333 g/mol. The molecule has 0 saturated carbocycles. The number of allylic oxidation sites excluding steroid dienone is 3. The summed E-state index contributed by atoms with van der Waals surface area (Å²) < 4.78 is 0. The lowest BCUT2D eigenvalue weighted by atomic mass is 10.2. The molecule has 0 aromatic heterocycles. The molecule has 2 aromatic rings. The van der Waals surface area contributed by atoms with Gasteiger partial charge < -0.3 is 5.32 Å². The Morgan fingerprint density at radius 3 is 2.64 bits per heavy atom. The molecule has 128 valence electrons. The van der Waals surface area contributed by atoms with Crippen molar-refractivity contribution in [2.45, 2.75) is 13.8 Å². The van der Waals surface area contributed by atoms with Crippen molar-refractivity contribution in [3.05, 3.63) is 84.0 Å². The Kier molecular flexibility index (Phi) is 7.19. The zero-order chi connectivity index (χ0) is 17.9. The number of hydrogen-bond acceptors (Lipinski definition) is 3. The highest BCUT2D eigenvalue weighted by Gasteiger charge is 1.99. The molecule has 0 spiro atoms. The molecule has 0 heterocycles. The number of amides is 1. The van der Waals surface area contributed by atoms with Gasteiger partial charge in [-0.2, -0.15) is 5.10 Å². The number of nitrogens with zero attached hydrogens (tertiary/aromatic N) is 1. The van der Waals surface area contributed by atoms with E-state index in [1.54, 1.807) is 0 Å². The second-order valence-corrected chi connectivity index (χ2v) is 5.64. The van der Waals surface area contributed by atoms with Gasteiger partial charge in [0.25, 0.3) is 5.91 Å². The van der Waals surface area contributed by atoms with E-state index in [0.29, 0.717) is 0 Å². The Morgan fingerprint density at radius 1 is 1.08 bits per heavy atom. The molecule has 0 fully saturated rings. The third-order valence-corrected chi connectivity index (χ3v) is 3.36. The first-order valence-electron chi connectivity index (χ1n) is 8.17. The van der Waals surface area contributed by atoms with E-state index in [2.05, 4.69) is 15.8 Å². The molecule has 4 nitrogen and oxygen atoms in total. The minimum atomic E-state index is -0.186. The van der Waals surface area contributed by atoms with Gasteiger partial charge >= 0.3 is 0 Å². The van der Waals surface area contributed by atoms with Gasteiger partial charge in [0.1, 0.15) is 0 Å². The summed E-state index contributed by atoms with van der Waals surface area (Å²) in [5.41, 5.74) is 6.46. The first-order valence-corrected chi connectivity index (χ1v) is 8.17. The van der Waals surface area contributed by atoms with Gasteiger partial charge in [-0.05, 0) is 43.2 Å². The van der Waals surface area contributed by atoms with Gasteiger partial charge in [-0.15, -0.1) is 0 Å². The molecule has 2 rings (SSSR count). The van der Waals surface area contributed by atoms with Gasteiger partial charge in [0, 0.05) is 5.69 Å².